The first kappa shape index (κ1) is 18.8. The van der Waals surface area contributed by atoms with Crippen LogP contribution in [0.25, 0.3) is 5.69 Å². The van der Waals surface area contributed by atoms with Gasteiger partial charge in [0.1, 0.15) is 0 Å². The molecule has 0 fully saturated rings. The lowest BCUT2D eigenvalue weighted by Crippen LogP contribution is -2.14. The number of hydrogen-bond donors (Lipinski definition) is 1. The number of nitrogens with one attached hydrogen (secondary N) is 1. The van der Waals surface area contributed by atoms with Gasteiger partial charge < -0.3 is 5.32 Å². The molecule has 0 atom stereocenters. The Morgan fingerprint density at radius 1 is 1.07 bits per heavy atom. The Hall–Kier alpha value is -2.93. The molecule has 1 aromatic heterocycles. The maximum atomic E-state index is 12.6. The van der Waals surface area contributed by atoms with Crippen LogP contribution in [-0.2, 0) is 15.6 Å². The third kappa shape index (κ3) is 4.62. The average Bonchev–Trinajstić information content (AvgIpc) is 2.93. The van der Waals surface area contributed by atoms with Crippen LogP contribution in [0.4, 0.5) is 5.69 Å². The molecule has 0 saturated heterocycles. The molecule has 0 aliphatic carbocycles. The summed E-state index contributed by atoms with van der Waals surface area (Å²) in [6.07, 6.45) is 1.18. The molecule has 0 spiro atoms. The molecule has 7 heteroatoms. The Kier molecular flexibility index (Phi) is 5.14. The Morgan fingerprint density at radius 3 is 2.33 bits per heavy atom. The highest BCUT2D eigenvalue weighted by Crippen LogP contribution is 2.22. The van der Waals surface area contributed by atoms with Crippen molar-refractivity contribution in [1.82, 2.24) is 9.78 Å². The average molecular weight is 383 g/mol. The van der Waals surface area contributed by atoms with Crippen molar-refractivity contribution in [3.8, 4) is 5.69 Å². The summed E-state index contributed by atoms with van der Waals surface area (Å²) < 4.78 is 24.5. The fourth-order valence-electron chi connectivity index (χ4n) is 2.89. The molecule has 1 heterocycles. The molecular weight excluding hydrogens is 362 g/mol. The minimum absolute atomic E-state index is 0.0460. The van der Waals surface area contributed by atoms with Crippen LogP contribution in [-0.4, -0.2) is 30.4 Å². The van der Waals surface area contributed by atoms with Crippen molar-refractivity contribution < 1.29 is 13.2 Å². The van der Waals surface area contributed by atoms with E-state index in [0.29, 0.717) is 16.8 Å². The molecule has 0 radical (unpaired) electrons. The third-order valence-corrected chi connectivity index (χ3v) is 4.89. The van der Waals surface area contributed by atoms with Gasteiger partial charge >= 0.3 is 0 Å². The number of hydrogen-bond acceptors (Lipinski definition) is 4. The topological polar surface area (TPSA) is 81.1 Å². The number of anilines is 1. The molecule has 0 aliphatic rings. The van der Waals surface area contributed by atoms with Crippen molar-refractivity contribution in [2.75, 3.05) is 11.6 Å². The predicted octanol–water partition coefficient (Wildman–Crippen LogP) is 3.29. The summed E-state index contributed by atoms with van der Waals surface area (Å²) in [7, 11) is -3.11. The van der Waals surface area contributed by atoms with Gasteiger partial charge in [0.05, 0.1) is 22.8 Å². The van der Waals surface area contributed by atoms with Gasteiger partial charge in [0, 0.05) is 17.5 Å². The molecule has 0 unspecified atom stereocenters. The molecule has 3 rings (SSSR count). The lowest BCUT2D eigenvalue weighted by molar-refractivity contribution is 0.102. The minimum Gasteiger partial charge on any atom is -0.320 e. The SMILES string of the molecule is Cc1cc(C)n(-c2ccccc2NC(=O)c2ccc(CS(C)(=O)=O)cc2)n1. The van der Waals surface area contributed by atoms with Gasteiger partial charge in [-0.05, 0) is 49.7 Å². The Morgan fingerprint density at radius 2 is 1.74 bits per heavy atom. The van der Waals surface area contributed by atoms with Gasteiger partial charge in [-0.3, -0.25) is 4.79 Å². The number of amides is 1. The van der Waals surface area contributed by atoms with Crippen LogP contribution in [0.5, 0.6) is 0 Å². The number of carbonyl (C=O) groups is 1. The van der Waals surface area contributed by atoms with Crippen LogP contribution in [0.2, 0.25) is 0 Å². The van der Waals surface area contributed by atoms with E-state index in [0.717, 1.165) is 17.1 Å². The van der Waals surface area contributed by atoms with Gasteiger partial charge in [-0.15, -0.1) is 0 Å². The van der Waals surface area contributed by atoms with E-state index in [1.54, 1.807) is 28.9 Å². The second-order valence-corrected chi connectivity index (χ2v) is 8.72. The van der Waals surface area contributed by atoms with E-state index in [9.17, 15) is 13.2 Å². The zero-order valence-electron chi connectivity index (χ0n) is 15.4. The van der Waals surface area contributed by atoms with Crippen LogP contribution < -0.4 is 5.32 Å². The molecule has 0 saturated carbocycles. The predicted molar refractivity (Wildman–Crippen MR) is 106 cm³/mol. The molecule has 2 aromatic carbocycles. The lowest BCUT2D eigenvalue weighted by atomic mass is 10.1. The van der Waals surface area contributed by atoms with Crippen molar-refractivity contribution in [3.63, 3.8) is 0 Å². The van der Waals surface area contributed by atoms with E-state index < -0.39 is 9.84 Å². The summed E-state index contributed by atoms with van der Waals surface area (Å²) in [6.45, 7) is 3.88. The van der Waals surface area contributed by atoms with Crippen LogP contribution in [0.15, 0.2) is 54.6 Å². The number of sulfone groups is 1. The van der Waals surface area contributed by atoms with E-state index in [1.165, 1.54) is 6.26 Å². The molecule has 3 aromatic rings. The summed E-state index contributed by atoms with van der Waals surface area (Å²) in [5.74, 6) is -0.315. The van der Waals surface area contributed by atoms with Crippen LogP contribution in [0.1, 0.15) is 27.3 Å². The zero-order valence-corrected chi connectivity index (χ0v) is 16.2. The second-order valence-electron chi connectivity index (χ2n) is 6.58. The van der Waals surface area contributed by atoms with Crippen LogP contribution in [0, 0.1) is 13.8 Å². The maximum Gasteiger partial charge on any atom is 0.255 e. The van der Waals surface area contributed by atoms with Gasteiger partial charge in [-0.1, -0.05) is 24.3 Å². The molecule has 140 valence electrons. The van der Waals surface area contributed by atoms with E-state index >= 15 is 0 Å². The van der Waals surface area contributed by atoms with Crippen LogP contribution >= 0.6 is 0 Å². The molecule has 1 N–H and O–H groups in total. The fraction of sp³-hybridized carbons (Fsp3) is 0.200. The zero-order chi connectivity index (χ0) is 19.6. The largest absolute Gasteiger partial charge is 0.320 e. The molecule has 27 heavy (non-hydrogen) atoms. The number of rotatable bonds is 5. The van der Waals surface area contributed by atoms with Crippen molar-refractivity contribution in [2.24, 2.45) is 0 Å². The Balaban J connectivity index is 1.84. The van der Waals surface area contributed by atoms with E-state index in [-0.39, 0.29) is 11.7 Å². The van der Waals surface area contributed by atoms with Crippen molar-refractivity contribution in [2.45, 2.75) is 19.6 Å². The summed E-state index contributed by atoms with van der Waals surface area (Å²) >= 11 is 0. The number of aryl methyl sites for hydroxylation is 2. The molecule has 6 nitrogen and oxygen atoms in total. The summed E-state index contributed by atoms with van der Waals surface area (Å²) in [5.41, 5.74) is 4.40. The van der Waals surface area contributed by atoms with Crippen molar-refractivity contribution in [3.05, 3.63) is 77.1 Å². The smallest absolute Gasteiger partial charge is 0.255 e. The summed E-state index contributed by atoms with van der Waals surface area (Å²) in [5, 5.41) is 7.39. The van der Waals surface area contributed by atoms with E-state index in [4.69, 9.17) is 0 Å². The number of nitrogens with zero attached hydrogens (tertiary/aromatic N) is 2. The number of para-hydroxylation sites is 2. The number of benzene rings is 2. The van der Waals surface area contributed by atoms with Crippen molar-refractivity contribution >= 4 is 21.4 Å². The first-order valence-corrected chi connectivity index (χ1v) is 10.5. The quantitative estimate of drug-likeness (QED) is 0.733. The number of carbonyl (C=O) groups excluding carboxylic acids is 1. The normalized spacial score (nSPS) is 11.4. The minimum atomic E-state index is -3.11. The Bertz CT molecular complexity index is 1080. The monoisotopic (exact) mass is 383 g/mol. The van der Waals surface area contributed by atoms with Gasteiger partial charge in [-0.2, -0.15) is 5.10 Å². The molecule has 1 amide bonds. The number of aromatic nitrogens is 2. The highest BCUT2D eigenvalue weighted by atomic mass is 32.2. The Labute approximate surface area is 158 Å². The first-order valence-electron chi connectivity index (χ1n) is 8.43. The molecule has 0 aliphatic heterocycles. The van der Waals surface area contributed by atoms with Gasteiger partial charge in [-0.25, -0.2) is 13.1 Å². The van der Waals surface area contributed by atoms with Gasteiger partial charge in [0.25, 0.3) is 5.91 Å². The third-order valence-electron chi connectivity index (χ3n) is 4.04. The van der Waals surface area contributed by atoms with E-state index in [2.05, 4.69) is 10.4 Å². The second kappa shape index (κ2) is 7.36. The van der Waals surface area contributed by atoms with Gasteiger partial charge in [0.15, 0.2) is 9.84 Å². The standard InChI is InChI=1S/C20H21N3O3S/c1-14-12-15(2)23(22-14)19-7-5-4-6-18(19)21-20(24)17-10-8-16(9-11-17)13-27(3,25)26/h4-12H,13H2,1-3H3,(H,21,24). The van der Waals surface area contributed by atoms with Crippen molar-refractivity contribution in [1.29, 1.82) is 0 Å². The summed E-state index contributed by atoms with van der Waals surface area (Å²) in [6, 6.07) is 16.0. The summed E-state index contributed by atoms with van der Waals surface area (Å²) in [4.78, 5) is 12.6. The first-order chi connectivity index (χ1) is 12.7. The lowest BCUT2D eigenvalue weighted by Gasteiger charge is -2.12. The highest BCUT2D eigenvalue weighted by molar-refractivity contribution is 7.89. The van der Waals surface area contributed by atoms with Gasteiger partial charge in [0.2, 0.25) is 0 Å². The maximum absolute atomic E-state index is 12.6. The molecule has 0 bridgehead atoms. The molecular formula is C20H21N3O3S. The fourth-order valence-corrected chi connectivity index (χ4v) is 3.68. The highest BCUT2D eigenvalue weighted by Gasteiger charge is 2.13. The van der Waals surface area contributed by atoms with Crippen LogP contribution in [0.3, 0.4) is 0 Å². The van der Waals surface area contributed by atoms with E-state index in [1.807, 2.05) is 44.2 Å².